The molecule has 0 aliphatic heterocycles. The van der Waals surface area contributed by atoms with Crippen LogP contribution in [0.5, 0.6) is 11.5 Å². The summed E-state index contributed by atoms with van der Waals surface area (Å²) in [5.74, 6) is -4.96. The number of carbonyl (C=O) groups is 5. The summed E-state index contributed by atoms with van der Waals surface area (Å²) < 4.78 is 0. The third-order valence-electron chi connectivity index (χ3n) is 6.36. The molecule has 0 bridgehead atoms. The Morgan fingerprint density at radius 2 is 1.51 bits per heavy atom. The molecule has 5 atom stereocenters. The fourth-order valence-corrected chi connectivity index (χ4v) is 3.66. The molecule has 13 heteroatoms. The molecule has 0 spiro atoms. The van der Waals surface area contributed by atoms with Crippen molar-refractivity contribution < 1.29 is 39.3 Å². The Labute approximate surface area is 227 Å². The van der Waals surface area contributed by atoms with Crippen LogP contribution in [0.25, 0.3) is 0 Å². The van der Waals surface area contributed by atoms with Crippen LogP contribution >= 0.6 is 0 Å². The second-order valence-corrected chi connectivity index (χ2v) is 9.42. The summed E-state index contributed by atoms with van der Waals surface area (Å²) in [5.41, 5.74) is 5.31. The number of carbonyl (C=O) groups excluding carboxylic acids is 4. The Kier molecular flexibility index (Phi) is 13.7. The van der Waals surface area contributed by atoms with Crippen LogP contribution < -0.4 is 27.0 Å². The van der Waals surface area contributed by atoms with E-state index in [1.54, 1.807) is 13.8 Å². The molecule has 1 rings (SSSR count). The van der Waals surface area contributed by atoms with Gasteiger partial charge in [0.15, 0.2) is 0 Å². The maximum atomic E-state index is 13.0. The summed E-state index contributed by atoms with van der Waals surface area (Å²) >= 11 is 0. The molecule has 39 heavy (non-hydrogen) atoms. The highest BCUT2D eigenvalue weighted by Crippen LogP contribution is 2.22. The van der Waals surface area contributed by atoms with Gasteiger partial charge in [0.25, 0.3) is 5.91 Å². The molecule has 0 aliphatic carbocycles. The van der Waals surface area contributed by atoms with Crippen LogP contribution in [0.15, 0.2) is 18.2 Å². The number of nitrogens with two attached hydrogens (primary N) is 1. The van der Waals surface area contributed by atoms with Crippen LogP contribution in [-0.2, 0) is 19.2 Å². The first-order valence-electron chi connectivity index (χ1n) is 13.0. The van der Waals surface area contributed by atoms with Crippen LogP contribution in [0.2, 0.25) is 0 Å². The summed E-state index contributed by atoms with van der Waals surface area (Å²) in [6.45, 7) is 6.93. The van der Waals surface area contributed by atoms with Gasteiger partial charge in [-0.05, 0) is 63.3 Å². The normalized spacial score (nSPS) is 14.7. The number of aliphatic carboxylic acids is 1. The molecule has 0 radical (unpaired) electrons. The van der Waals surface area contributed by atoms with Crippen molar-refractivity contribution in [2.45, 2.75) is 84.0 Å². The number of carboxylic acids is 1. The van der Waals surface area contributed by atoms with Gasteiger partial charge in [0.2, 0.25) is 17.7 Å². The number of hydrogen-bond acceptors (Lipinski definition) is 8. The number of unbranched alkanes of at least 4 members (excludes halogenated alkanes) is 1. The van der Waals surface area contributed by atoms with E-state index in [9.17, 15) is 39.3 Å². The number of nitrogens with one attached hydrogen (secondary N) is 4. The fraction of sp³-hybridized carbons (Fsp3) is 0.577. The Balaban J connectivity index is 2.98. The number of hydrogen-bond donors (Lipinski definition) is 8. The molecule has 4 amide bonds. The Hall–Kier alpha value is -3.87. The molecule has 0 unspecified atom stereocenters. The second kappa shape index (κ2) is 16.2. The largest absolute Gasteiger partial charge is 0.508 e. The average molecular weight is 552 g/mol. The lowest BCUT2D eigenvalue weighted by atomic mass is 9.97. The van der Waals surface area contributed by atoms with E-state index >= 15 is 0 Å². The lowest BCUT2D eigenvalue weighted by Gasteiger charge is -2.27. The zero-order valence-electron chi connectivity index (χ0n) is 22.8. The molecule has 13 nitrogen and oxygen atoms in total. The molecule has 0 saturated carbocycles. The summed E-state index contributed by atoms with van der Waals surface area (Å²) in [6.07, 6.45) is 1.92. The topological polar surface area (TPSA) is 220 Å². The van der Waals surface area contributed by atoms with E-state index in [0.717, 1.165) is 12.1 Å². The average Bonchev–Trinajstić information content (AvgIpc) is 2.89. The Morgan fingerprint density at radius 3 is 2.08 bits per heavy atom. The van der Waals surface area contributed by atoms with Gasteiger partial charge in [0.05, 0.1) is 5.56 Å². The van der Waals surface area contributed by atoms with E-state index in [1.165, 1.54) is 13.0 Å². The predicted molar refractivity (Wildman–Crippen MR) is 143 cm³/mol. The lowest BCUT2D eigenvalue weighted by molar-refractivity contribution is -0.142. The standard InChI is InChI=1S/C26H41N5O8/c1-5-14(3)21(25(37)29-18(6-2)26(38)39)31-22(34)15(4)28-24(36)19(9-7-8-12-27)30-23(35)17-13-16(32)10-11-20(17)33/h10-11,13-15,18-19,21,32-33H,5-9,12,27H2,1-4H3,(H,28,36)(H,29,37)(H,30,35)(H,31,34)(H,38,39)/t14-,15-,18-,19-,21-/m0/s1. The monoisotopic (exact) mass is 551 g/mol. The number of amides is 4. The van der Waals surface area contributed by atoms with Gasteiger partial charge in [0.1, 0.15) is 35.7 Å². The van der Waals surface area contributed by atoms with Crippen LogP contribution in [0.1, 0.15) is 70.2 Å². The summed E-state index contributed by atoms with van der Waals surface area (Å²) in [7, 11) is 0. The molecule has 0 fully saturated rings. The molecule has 9 N–H and O–H groups in total. The molecule has 218 valence electrons. The minimum atomic E-state index is -1.19. The van der Waals surface area contributed by atoms with Gasteiger partial charge in [0, 0.05) is 0 Å². The Morgan fingerprint density at radius 1 is 0.846 bits per heavy atom. The van der Waals surface area contributed by atoms with Crippen molar-refractivity contribution in [3.63, 3.8) is 0 Å². The summed E-state index contributed by atoms with van der Waals surface area (Å²) in [6, 6.07) is -0.941. The van der Waals surface area contributed by atoms with E-state index in [4.69, 9.17) is 5.73 Å². The van der Waals surface area contributed by atoms with Crippen LogP contribution in [-0.4, -0.2) is 75.6 Å². The van der Waals surface area contributed by atoms with Crippen molar-refractivity contribution >= 4 is 29.6 Å². The molecule has 1 aromatic carbocycles. The van der Waals surface area contributed by atoms with Crippen molar-refractivity contribution in [2.75, 3.05) is 6.54 Å². The van der Waals surface area contributed by atoms with E-state index in [-0.39, 0.29) is 35.8 Å². The number of benzene rings is 1. The minimum Gasteiger partial charge on any atom is -0.508 e. The highest BCUT2D eigenvalue weighted by atomic mass is 16.4. The second-order valence-electron chi connectivity index (χ2n) is 9.42. The maximum Gasteiger partial charge on any atom is 0.326 e. The number of carboxylic acid groups (broad SMARTS) is 1. The molecule has 0 saturated heterocycles. The number of phenols is 2. The van der Waals surface area contributed by atoms with Crippen LogP contribution in [0.4, 0.5) is 0 Å². The predicted octanol–water partition coefficient (Wildman–Crippen LogP) is 0.340. The molecule has 0 heterocycles. The summed E-state index contributed by atoms with van der Waals surface area (Å²) in [4.78, 5) is 62.8. The number of aromatic hydroxyl groups is 2. The maximum absolute atomic E-state index is 13.0. The fourth-order valence-electron chi connectivity index (χ4n) is 3.66. The van der Waals surface area contributed by atoms with Gasteiger partial charge in [-0.1, -0.05) is 27.2 Å². The van der Waals surface area contributed by atoms with E-state index in [2.05, 4.69) is 21.3 Å². The van der Waals surface area contributed by atoms with Gasteiger partial charge in [-0.25, -0.2) is 4.79 Å². The SMILES string of the molecule is CC[C@H](NC(=O)[C@@H](NC(=O)[C@H](C)NC(=O)[C@H](CCCCN)NC(=O)c1cc(O)ccc1O)[C@@H](C)CC)C(=O)O. The zero-order chi connectivity index (χ0) is 29.7. The van der Waals surface area contributed by atoms with Gasteiger partial charge in [-0.3, -0.25) is 19.2 Å². The van der Waals surface area contributed by atoms with Crippen LogP contribution in [0.3, 0.4) is 0 Å². The van der Waals surface area contributed by atoms with Gasteiger partial charge >= 0.3 is 5.97 Å². The number of phenolic OH excluding ortho intramolecular Hbond substituents is 2. The third-order valence-corrected chi connectivity index (χ3v) is 6.36. The first-order chi connectivity index (χ1) is 18.4. The highest BCUT2D eigenvalue weighted by molar-refractivity contribution is 6.00. The molecule has 0 aliphatic rings. The van der Waals surface area contributed by atoms with Crippen LogP contribution in [0, 0.1) is 5.92 Å². The summed E-state index contributed by atoms with van der Waals surface area (Å²) in [5, 5.41) is 38.9. The van der Waals surface area contributed by atoms with Crippen molar-refractivity contribution in [3.05, 3.63) is 23.8 Å². The third kappa shape index (κ3) is 10.4. The van der Waals surface area contributed by atoms with Crippen molar-refractivity contribution in [2.24, 2.45) is 11.7 Å². The Bertz CT molecular complexity index is 1020. The molecular formula is C26H41N5O8. The quantitative estimate of drug-likeness (QED) is 0.105. The van der Waals surface area contributed by atoms with Gasteiger partial charge < -0.3 is 42.3 Å². The molecule has 0 aromatic heterocycles. The van der Waals surface area contributed by atoms with E-state index in [1.807, 2.05) is 6.92 Å². The van der Waals surface area contributed by atoms with E-state index < -0.39 is 53.8 Å². The lowest BCUT2D eigenvalue weighted by Crippen LogP contribution is -2.58. The van der Waals surface area contributed by atoms with Gasteiger partial charge in [-0.2, -0.15) is 0 Å². The highest BCUT2D eigenvalue weighted by Gasteiger charge is 2.31. The van der Waals surface area contributed by atoms with Crippen molar-refractivity contribution in [3.8, 4) is 11.5 Å². The zero-order valence-corrected chi connectivity index (χ0v) is 22.8. The smallest absolute Gasteiger partial charge is 0.326 e. The minimum absolute atomic E-state index is 0.159. The number of rotatable bonds is 16. The molecule has 1 aromatic rings. The molecular weight excluding hydrogens is 510 g/mol. The first kappa shape index (κ1) is 33.2. The van der Waals surface area contributed by atoms with Crippen molar-refractivity contribution in [1.82, 2.24) is 21.3 Å². The van der Waals surface area contributed by atoms with E-state index in [0.29, 0.717) is 25.8 Å². The first-order valence-corrected chi connectivity index (χ1v) is 13.0. The van der Waals surface area contributed by atoms with Gasteiger partial charge in [-0.15, -0.1) is 0 Å². The van der Waals surface area contributed by atoms with Crippen molar-refractivity contribution in [1.29, 1.82) is 0 Å².